The van der Waals surface area contributed by atoms with E-state index in [9.17, 15) is 0 Å². The number of ether oxygens (including phenoxy) is 1. The normalized spacial score (nSPS) is 20.7. The molecule has 150 valence electrons. The third kappa shape index (κ3) is 4.16. The maximum Gasteiger partial charge on any atom is 0.192 e. The summed E-state index contributed by atoms with van der Waals surface area (Å²) in [5.74, 6) is 2.98. The molecule has 0 aliphatic carbocycles. The fourth-order valence-electron chi connectivity index (χ4n) is 4.12. The van der Waals surface area contributed by atoms with E-state index in [0.717, 1.165) is 43.3 Å². The summed E-state index contributed by atoms with van der Waals surface area (Å²) in [6.45, 7) is 8.85. The van der Waals surface area contributed by atoms with Gasteiger partial charge in [0.15, 0.2) is 5.96 Å². The molecular weight excluding hydrogens is 350 g/mol. The van der Waals surface area contributed by atoms with Crippen LogP contribution in [0.3, 0.4) is 0 Å². The second-order valence-electron chi connectivity index (χ2n) is 8.29. The maximum atomic E-state index is 6.15. The molecule has 0 spiro atoms. The lowest BCUT2D eigenvalue weighted by Crippen LogP contribution is -2.45. The Balaban J connectivity index is 1.52. The third-order valence-corrected chi connectivity index (χ3v) is 5.39. The lowest BCUT2D eigenvalue weighted by molar-refractivity contribution is 0.0694. The van der Waals surface area contributed by atoms with Crippen molar-refractivity contribution in [2.75, 3.05) is 6.54 Å². The molecule has 0 saturated carbocycles. The molecule has 6 nitrogen and oxygen atoms in total. The fraction of sp³-hybridized carbons (Fsp3) is 0.545. The molecule has 1 aromatic heterocycles. The lowest BCUT2D eigenvalue weighted by atomic mass is 9.90. The van der Waals surface area contributed by atoms with Gasteiger partial charge in [0.2, 0.25) is 0 Å². The third-order valence-electron chi connectivity index (χ3n) is 5.39. The first-order chi connectivity index (χ1) is 13.5. The van der Waals surface area contributed by atoms with Crippen LogP contribution in [-0.4, -0.2) is 27.7 Å². The molecule has 0 saturated heterocycles. The number of aryl methyl sites for hydroxylation is 2. The van der Waals surface area contributed by atoms with Gasteiger partial charge in [-0.2, -0.15) is 0 Å². The zero-order chi connectivity index (χ0) is 19.6. The SMILES string of the molecule is CCNC(=NCc1cn2c(n1)CCCC2)NC1CC(C)(C)Oc2ccccc21. The van der Waals surface area contributed by atoms with Crippen molar-refractivity contribution in [2.24, 2.45) is 4.99 Å². The lowest BCUT2D eigenvalue weighted by Gasteiger charge is -2.38. The molecule has 28 heavy (non-hydrogen) atoms. The predicted octanol–water partition coefficient (Wildman–Crippen LogP) is 3.58. The van der Waals surface area contributed by atoms with Gasteiger partial charge in [-0.1, -0.05) is 18.2 Å². The number of nitrogens with one attached hydrogen (secondary N) is 2. The number of hydrogen-bond acceptors (Lipinski definition) is 3. The molecule has 4 rings (SSSR count). The van der Waals surface area contributed by atoms with Gasteiger partial charge in [0.1, 0.15) is 17.2 Å². The quantitative estimate of drug-likeness (QED) is 0.628. The highest BCUT2D eigenvalue weighted by Gasteiger charge is 2.33. The van der Waals surface area contributed by atoms with Crippen molar-refractivity contribution in [1.82, 2.24) is 20.2 Å². The van der Waals surface area contributed by atoms with Gasteiger partial charge >= 0.3 is 0 Å². The number of para-hydroxylation sites is 1. The Morgan fingerprint density at radius 2 is 2.18 bits per heavy atom. The first-order valence-corrected chi connectivity index (χ1v) is 10.4. The molecular formula is C22H31N5O. The number of benzene rings is 1. The number of aromatic nitrogens is 2. The minimum absolute atomic E-state index is 0.160. The highest BCUT2D eigenvalue weighted by molar-refractivity contribution is 5.80. The van der Waals surface area contributed by atoms with Gasteiger partial charge in [0.25, 0.3) is 0 Å². The van der Waals surface area contributed by atoms with Gasteiger partial charge in [0, 0.05) is 37.7 Å². The molecule has 2 aliphatic rings. The topological polar surface area (TPSA) is 63.5 Å². The van der Waals surface area contributed by atoms with Gasteiger partial charge in [-0.3, -0.25) is 0 Å². The molecule has 6 heteroatoms. The molecule has 1 atom stereocenters. The Morgan fingerprint density at radius 3 is 3.00 bits per heavy atom. The van der Waals surface area contributed by atoms with E-state index in [-0.39, 0.29) is 11.6 Å². The summed E-state index contributed by atoms with van der Waals surface area (Å²) >= 11 is 0. The van der Waals surface area contributed by atoms with E-state index >= 15 is 0 Å². The van der Waals surface area contributed by atoms with Crippen molar-refractivity contribution in [1.29, 1.82) is 0 Å². The summed E-state index contributed by atoms with van der Waals surface area (Å²) in [5, 5.41) is 7.01. The van der Waals surface area contributed by atoms with E-state index in [1.807, 2.05) is 12.1 Å². The van der Waals surface area contributed by atoms with Crippen molar-refractivity contribution in [2.45, 2.75) is 71.2 Å². The van der Waals surface area contributed by atoms with E-state index < -0.39 is 0 Å². The predicted molar refractivity (Wildman–Crippen MR) is 112 cm³/mol. The van der Waals surface area contributed by atoms with Crippen molar-refractivity contribution >= 4 is 5.96 Å². The second-order valence-corrected chi connectivity index (χ2v) is 8.29. The van der Waals surface area contributed by atoms with Crippen LogP contribution >= 0.6 is 0 Å². The molecule has 0 bridgehead atoms. The average Bonchev–Trinajstić information content (AvgIpc) is 3.08. The van der Waals surface area contributed by atoms with Crippen molar-refractivity contribution in [3.8, 4) is 5.75 Å². The molecule has 1 aromatic carbocycles. The minimum atomic E-state index is -0.216. The van der Waals surface area contributed by atoms with Crippen LogP contribution in [0.5, 0.6) is 5.75 Å². The summed E-state index contributed by atoms with van der Waals surface area (Å²) in [5.41, 5.74) is 2.01. The molecule has 0 fully saturated rings. The van der Waals surface area contributed by atoms with Gasteiger partial charge in [0.05, 0.1) is 18.3 Å². The number of rotatable bonds is 4. The number of imidazole rings is 1. The minimum Gasteiger partial charge on any atom is -0.487 e. The summed E-state index contributed by atoms with van der Waals surface area (Å²) in [6, 6.07) is 8.43. The smallest absolute Gasteiger partial charge is 0.192 e. The van der Waals surface area contributed by atoms with Crippen LogP contribution in [0, 0.1) is 0 Å². The summed E-state index contributed by atoms with van der Waals surface area (Å²) in [6.07, 6.45) is 6.61. The molecule has 2 aromatic rings. The van der Waals surface area contributed by atoms with Crippen LogP contribution in [0.2, 0.25) is 0 Å². The van der Waals surface area contributed by atoms with E-state index in [1.165, 1.54) is 24.2 Å². The van der Waals surface area contributed by atoms with Gasteiger partial charge in [-0.15, -0.1) is 0 Å². The number of aliphatic imine (C=N–C) groups is 1. The number of hydrogen-bond donors (Lipinski definition) is 2. The Morgan fingerprint density at radius 1 is 1.32 bits per heavy atom. The van der Waals surface area contributed by atoms with Crippen LogP contribution in [0.4, 0.5) is 0 Å². The standard InChI is InChI=1S/C22H31N5O/c1-4-23-21(24-14-16-15-27-12-8-7-11-20(27)25-16)26-18-13-22(2,3)28-19-10-6-5-9-17(18)19/h5-6,9-10,15,18H,4,7-8,11-14H2,1-3H3,(H2,23,24,26). The zero-order valence-electron chi connectivity index (χ0n) is 17.2. The van der Waals surface area contributed by atoms with Crippen LogP contribution < -0.4 is 15.4 Å². The molecule has 1 unspecified atom stereocenters. The molecule has 2 N–H and O–H groups in total. The van der Waals surface area contributed by atoms with E-state index in [1.54, 1.807) is 0 Å². The van der Waals surface area contributed by atoms with E-state index in [0.29, 0.717) is 6.54 Å². The highest BCUT2D eigenvalue weighted by atomic mass is 16.5. The summed E-state index contributed by atoms with van der Waals surface area (Å²) < 4.78 is 8.44. The molecule has 2 aliphatic heterocycles. The van der Waals surface area contributed by atoms with Crippen LogP contribution in [0.25, 0.3) is 0 Å². The van der Waals surface area contributed by atoms with Crippen molar-refractivity contribution in [3.05, 3.63) is 47.5 Å². The van der Waals surface area contributed by atoms with Crippen molar-refractivity contribution < 1.29 is 4.74 Å². The van der Waals surface area contributed by atoms with Crippen molar-refractivity contribution in [3.63, 3.8) is 0 Å². The average molecular weight is 382 g/mol. The van der Waals surface area contributed by atoms with Crippen LogP contribution in [0.1, 0.15) is 63.2 Å². The Hall–Kier alpha value is -2.50. The van der Waals surface area contributed by atoms with Gasteiger partial charge in [-0.05, 0) is 39.7 Å². The highest BCUT2D eigenvalue weighted by Crippen LogP contribution is 2.39. The van der Waals surface area contributed by atoms with Crippen LogP contribution in [-0.2, 0) is 19.5 Å². The number of fused-ring (bicyclic) bond motifs is 2. The van der Waals surface area contributed by atoms with E-state index in [4.69, 9.17) is 14.7 Å². The zero-order valence-corrected chi connectivity index (χ0v) is 17.2. The summed E-state index contributed by atoms with van der Waals surface area (Å²) in [7, 11) is 0. The number of guanidine groups is 1. The van der Waals surface area contributed by atoms with Gasteiger partial charge in [-0.25, -0.2) is 9.98 Å². The second kappa shape index (κ2) is 7.86. The molecule has 3 heterocycles. The van der Waals surface area contributed by atoms with Crippen LogP contribution in [0.15, 0.2) is 35.5 Å². The largest absolute Gasteiger partial charge is 0.487 e. The van der Waals surface area contributed by atoms with Gasteiger partial charge < -0.3 is 19.9 Å². The maximum absolute atomic E-state index is 6.15. The Bertz CT molecular complexity index is 831. The van der Waals surface area contributed by atoms with E-state index in [2.05, 4.69) is 54.3 Å². The fourth-order valence-corrected chi connectivity index (χ4v) is 4.12. The Kier molecular flexibility index (Phi) is 5.29. The number of nitrogens with zero attached hydrogens (tertiary/aromatic N) is 3. The molecule has 0 amide bonds. The molecule has 0 radical (unpaired) electrons. The first kappa shape index (κ1) is 18.8. The monoisotopic (exact) mass is 381 g/mol. The summed E-state index contributed by atoms with van der Waals surface area (Å²) in [4.78, 5) is 9.59. The first-order valence-electron chi connectivity index (χ1n) is 10.4. The Labute approximate surface area is 167 Å².